The maximum Gasteiger partial charge on any atom is 0.105 e. The Kier molecular flexibility index (Phi) is 4.18. The summed E-state index contributed by atoms with van der Waals surface area (Å²) in [5, 5.41) is 3.57. The summed E-state index contributed by atoms with van der Waals surface area (Å²) in [5.41, 5.74) is 0.0745. The summed E-state index contributed by atoms with van der Waals surface area (Å²) < 4.78 is 7.35. The highest BCUT2D eigenvalue weighted by atomic mass is 35.5. The molecule has 2 aliphatic rings. The van der Waals surface area contributed by atoms with Crippen molar-refractivity contribution in [1.82, 2.24) is 5.32 Å². The Balaban J connectivity index is 1.68. The summed E-state index contributed by atoms with van der Waals surface area (Å²) in [6.45, 7) is 4.23. The standard InChI is InChI=1S/C15H22ClNOS/c1-2-11-5-7-15(8-6-11)10-17-9-12(18-15)13-3-4-14(16)19-13/h3-4,11-12,17H,2,5-10H2,1H3. The fraction of sp³-hybridized carbons (Fsp3) is 0.733. The fourth-order valence-corrected chi connectivity index (χ4v) is 4.47. The molecule has 0 amide bonds. The Hall–Kier alpha value is -0.0900. The molecular weight excluding hydrogens is 278 g/mol. The van der Waals surface area contributed by atoms with Crippen LogP contribution in [0, 0.1) is 5.92 Å². The zero-order valence-electron chi connectivity index (χ0n) is 11.5. The molecule has 1 spiro atoms. The van der Waals surface area contributed by atoms with Gasteiger partial charge < -0.3 is 10.1 Å². The number of ether oxygens (including phenoxy) is 1. The smallest absolute Gasteiger partial charge is 0.105 e. The van der Waals surface area contributed by atoms with Gasteiger partial charge in [-0.3, -0.25) is 0 Å². The summed E-state index contributed by atoms with van der Waals surface area (Å²) in [4.78, 5) is 1.26. The lowest BCUT2D eigenvalue weighted by atomic mass is 9.77. The van der Waals surface area contributed by atoms with Crippen LogP contribution < -0.4 is 5.32 Å². The van der Waals surface area contributed by atoms with Crippen molar-refractivity contribution in [3.05, 3.63) is 21.3 Å². The predicted octanol–water partition coefficient (Wildman–Crippen LogP) is 4.40. The van der Waals surface area contributed by atoms with E-state index in [4.69, 9.17) is 16.3 Å². The number of hydrogen-bond acceptors (Lipinski definition) is 3. The highest BCUT2D eigenvalue weighted by Crippen LogP contribution is 2.42. The van der Waals surface area contributed by atoms with Gasteiger partial charge in [0.1, 0.15) is 6.10 Å². The molecule has 1 atom stereocenters. The zero-order chi connectivity index (χ0) is 13.3. The average molecular weight is 300 g/mol. The van der Waals surface area contributed by atoms with Crippen molar-refractivity contribution >= 4 is 22.9 Å². The van der Waals surface area contributed by atoms with Gasteiger partial charge in [0.15, 0.2) is 0 Å². The van der Waals surface area contributed by atoms with Crippen molar-refractivity contribution in [2.24, 2.45) is 5.92 Å². The summed E-state index contributed by atoms with van der Waals surface area (Å²) >= 11 is 7.68. The van der Waals surface area contributed by atoms with Crippen molar-refractivity contribution in [3.8, 4) is 0 Å². The van der Waals surface area contributed by atoms with Crippen molar-refractivity contribution < 1.29 is 4.74 Å². The first-order valence-electron chi connectivity index (χ1n) is 7.34. The third-order valence-electron chi connectivity index (χ3n) is 4.67. The number of hydrogen-bond donors (Lipinski definition) is 1. The number of thiophene rings is 1. The van der Waals surface area contributed by atoms with E-state index in [1.807, 2.05) is 6.07 Å². The molecule has 1 aliphatic heterocycles. The van der Waals surface area contributed by atoms with E-state index in [-0.39, 0.29) is 11.7 Å². The Morgan fingerprint density at radius 1 is 1.42 bits per heavy atom. The molecule has 19 heavy (non-hydrogen) atoms. The van der Waals surface area contributed by atoms with Crippen LogP contribution in [0.15, 0.2) is 12.1 Å². The molecule has 2 fully saturated rings. The summed E-state index contributed by atoms with van der Waals surface area (Å²) in [7, 11) is 0. The Morgan fingerprint density at radius 2 is 2.21 bits per heavy atom. The van der Waals surface area contributed by atoms with E-state index in [0.29, 0.717) is 0 Å². The Labute approximate surface area is 124 Å². The molecule has 106 valence electrons. The molecule has 1 saturated carbocycles. The van der Waals surface area contributed by atoms with Crippen molar-refractivity contribution in [3.63, 3.8) is 0 Å². The van der Waals surface area contributed by atoms with Gasteiger partial charge in [0.25, 0.3) is 0 Å². The molecule has 4 heteroatoms. The van der Waals surface area contributed by atoms with Gasteiger partial charge in [-0.1, -0.05) is 24.9 Å². The fourth-order valence-electron chi connectivity index (χ4n) is 3.38. The minimum absolute atomic E-state index is 0.0745. The summed E-state index contributed by atoms with van der Waals surface area (Å²) in [5.74, 6) is 0.908. The van der Waals surface area contributed by atoms with Gasteiger partial charge in [0.2, 0.25) is 0 Å². The van der Waals surface area contributed by atoms with Crippen LogP contribution in [0.1, 0.15) is 50.0 Å². The molecule has 1 saturated heterocycles. The molecule has 1 aliphatic carbocycles. The van der Waals surface area contributed by atoms with Gasteiger partial charge in [-0.25, -0.2) is 0 Å². The molecule has 2 nitrogen and oxygen atoms in total. The van der Waals surface area contributed by atoms with Crippen LogP contribution >= 0.6 is 22.9 Å². The molecule has 0 aromatic carbocycles. The number of nitrogens with one attached hydrogen (secondary N) is 1. The molecule has 2 heterocycles. The van der Waals surface area contributed by atoms with E-state index in [2.05, 4.69) is 18.3 Å². The van der Waals surface area contributed by atoms with Crippen molar-refractivity contribution in [1.29, 1.82) is 0 Å². The van der Waals surface area contributed by atoms with Gasteiger partial charge >= 0.3 is 0 Å². The van der Waals surface area contributed by atoms with Gasteiger partial charge in [-0.2, -0.15) is 0 Å². The lowest BCUT2D eigenvalue weighted by Gasteiger charge is -2.45. The molecule has 0 radical (unpaired) electrons. The highest BCUT2D eigenvalue weighted by Gasteiger charge is 2.40. The van der Waals surface area contributed by atoms with Gasteiger partial charge in [-0.05, 0) is 43.7 Å². The molecule has 1 unspecified atom stereocenters. The zero-order valence-corrected chi connectivity index (χ0v) is 13.0. The lowest BCUT2D eigenvalue weighted by molar-refractivity contribution is -0.140. The Bertz CT molecular complexity index is 426. The van der Waals surface area contributed by atoms with E-state index in [1.54, 1.807) is 11.3 Å². The molecule has 3 rings (SSSR count). The van der Waals surface area contributed by atoms with Crippen molar-refractivity contribution in [2.75, 3.05) is 13.1 Å². The molecule has 0 bridgehead atoms. The van der Waals surface area contributed by atoms with E-state index in [0.717, 1.165) is 23.3 Å². The second-order valence-electron chi connectivity index (χ2n) is 5.91. The van der Waals surface area contributed by atoms with Crippen LogP contribution in [-0.2, 0) is 4.74 Å². The Morgan fingerprint density at radius 3 is 2.84 bits per heavy atom. The molecule has 1 aromatic heterocycles. The minimum atomic E-state index is 0.0745. The number of halogens is 1. The van der Waals surface area contributed by atoms with E-state index >= 15 is 0 Å². The third kappa shape index (κ3) is 2.99. The summed E-state index contributed by atoms with van der Waals surface area (Å²) in [6.07, 6.45) is 6.53. The minimum Gasteiger partial charge on any atom is -0.364 e. The van der Waals surface area contributed by atoms with E-state index in [1.165, 1.54) is 37.0 Å². The monoisotopic (exact) mass is 299 g/mol. The largest absolute Gasteiger partial charge is 0.364 e. The summed E-state index contributed by atoms with van der Waals surface area (Å²) in [6, 6.07) is 4.08. The van der Waals surface area contributed by atoms with Crippen LogP contribution in [0.5, 0.6) is 0 Å². The van der Waals surface area contributed by atoms with E-state index in [9.17, 15) is 0 Å². The van der Waals surface area contributed by atoms with E-state index < -0.39 is 0 Å². The van der Waals surface area contributed by atoms with Gasteiger partial charge in [0, 0.05) is 18.0 Å². The first kappa shape index (κ1) is 13.9. The predicted molar refractivity (Wildman–Crippen MR) is 81.0 cm³/mol. The first-order chi connectivity index (χ1) is 9.21. The van der Waals surface area contributed by atoms with Crippen molar-refractivity contribution in [2.45, 2.75) is 50.7 Å². The number of rotatable bonds is 2. The first-order valence-corrected chi connectivity index (χ1v) is 8.54. The average Bonchev–Trinajstić information content (AvgIpc) is 2.87. The quantitative estimate of drug-likeness (QED) is 0.874. The van der Waals surface area contributed by atoms with Gasteiger partial charge in [-0.15, -0.1) is 11.3 Å². The van der Waals surface area contributed by atoms with Crippen LogP contribution in [0.25, 0.3) is 0 Å². The molecule has 1 aromatic rings. The lowest BCUT2D eigenvalue weighted by Crippen LogP contribution is -2.52. The number of morpholine rings is 1. The second kappa shape index (κ2) is 5.72. The van der Waals surface area contributed by atoms with Gasteiger partial charge in [0.05, 0.1) is 9.94 Å². The normalized spacial score (nSPS) is 35.7. The van der Waals surface area contributed by atoms with Crippen LogP contribution in [-0.4, -0.2) is 18.7 Å². The molecule has 1 N–H and O–H groups in total. The SMILES string of the molecule is CCC1CCC2(CC1)CNCC(c1ccc(Cl)s1)O2. The third-order valence-corrected chi connectivity index (χ3v) is 6.00. The highest BCUT2D eigenvalue weighted by molar-refractivity contribution is 7.16. The topological polar surface area (TPSA) is 21.3 Å². The second-order valence-corrected chi connectivity index (χ2v) is 7.66. The van der Waals surface area contributed by atoms with Crippen LogP contribution in [0.2, 0.25) is 4.34 Å². The molecular formula is C15H22ClNOS. The van der Waals surface area contributed by atoms with Crippen LogP contribution in [0.4, 0.5) is 0 Å². The maximum atomic E-state index is 6.50. The van der Waals surface area contributed by atoms with Crippen LogP contribution in [0.3, 0.4) is 0 Å². The maximum absolute atomic E-state index is 6.50.